The number of hydrogen-bond donors (Lipinski definition) is 2. The van der Waals surface area contributed by atoms with Gasteiger partial charge in [0.05, 0.1) is 40.4 Å². The van der Waals surface area contributed by atoms with Gasteiger partial charge in [-0.1, -0.05) is 79.7 Å². The second-order valence-electron chi connectivity index (χ2n) is 11.0. The third-order valence-corrected chi connectivity index (χ3v) is 13.4. The van der Waals surface area contributed by atoms with Crippen LogP contribution in [0, 0.1) is 23.0 Å². The molecular weight excluding hydrogens is 682 g/mol. The van der Waals surface area contributed by atoms with Crippen molar-refractivity contribution >= 4 is 28.0 Å². The topological polar surface area (TPSA) is 140 Å². The normalized spacial score (nSPS) is 10.0. The molecule has 0 bridgehead atoms. The van der Waals surface area contributed by atoms with E-state index in [0.717, 1.165) is 57.5 Å². The van der Waals surface area contributed by atoms with Crippen LogP contribution in [0.15, 0.2) is 85.5 Å². The predicted molar refractivity (Wildman–Crippen MR) is 181 cm³/mol. The average Bonchev–Trinajstić information content (AvgIpc) is 2.99. The SMILES string of the molecule is CC(C)[Si](c1ccc(-c2ccccn2)nc1)C(C)C.CC(C)[Si](c1ccc(-c2ccccn2)nc1)C(C)C.N#CO.N#CO.[Ru]. The van der Waals surface area contributed by atoms with Gasteiger partial charge >= 0.3 is 0 Å². The van der Waals surface area contributed by atoms with Crippen molar-refractivity contribution in [3.63, 3.8) is 0 Å². The van der Waals surface area contributed by atoms with Gasteiger partial charge in [-0.15, -0.1) is 0 Å². The van der Waals surface area contributed by atoms with Crippen molar-refractivity contribution in [1.29, 1.82) is 10.5 Å². The van der Waals surface area contributed by atoms with Crippen molar-refractivity contribution in [1.82, 2.24) is 19.9 Å². The predicted octanol–water partition coefficient (Wildman–Crippen LogP) is 7.01. The number of aliphatic hydroxyl groups is 2. The third kappa shape index (κ3) is 14.3. The van der Waals surface area contributed by atoms with Crippen LogP contribution in [0.25, 0.3) is 22.8 Å². The summed E-state index contributed by atoms with van der Waals surface area (Å²) in [6, 6.07) is 20.5. The molecule has 0 aliphatic carbocycles. The molecule has 0 atom stereocenters. The smallest absolute Gasteiger partial charge is 0.283 e. The second-order valence-corrected chi connectivity index (χ2v) is 18.6. The second kappa shape index (κ2) is 22.7. The Morgan fingerprint density at radius 2 is 0.800 bits per heavy atom. The van der Waals surface area contributed by atoms with Gasteiger partial charge in [0.15, 0.2) is 0 Å². The summed E-state index contributed by atoms with van der Waals surface area (Å²) in [5.74, 6) is 0. The fraction of sp³-hybridized carbons (Fsp3) is 0.353. The van der Waals surface area contributed by atoms with Crippen LogP contribution in [0.3, 0.4) is 0 Å². The first-order valence-corrected chi connectivity index (χ1v) is 17.9. The Labute approximate surface area is 285 Å². The summed E-state index contributed by atoms with van der Waals surface area (Å²) in [4.78, 5) is 17.9. The molecule has 4 heterocycles. The maximum atomic E-state index is 6.88. The zero-order valence-corrected chi connectivity index (χ0v) is 31.1. The Morgan fingerprint density at radius 3 is 1.00 bits per heavy atom. The minimum Gasteiger partial charge on any atom is -0.443 e. The maximum Gasteiger partial charge on any atom is 0.283 e. The van der Waals surface area contributed by atoms with E-state index in [1.165, 1.54) is 10.4 Å². The van der Waals surface area contributed by atoms with Crippen LogP contribution in [0.2, 0.25) is 22.2 Å². The molecule has 0 saturated heterocycles. The summed E-state index contributed by atoms with van der Waals surface area (Å²) in [7, 11) is -1.07. The van der Waals surface area contributed by atoms with Crippen LogP contribution >= 0.6 is 0 Å². The molecule has 0 spiro atoms. The standard InChI is InChI=1S/2C16H21N2Si.2CHNO.Ru/c2*1-12(2)19(13(3)4)14-8-9-16(18-11-14)15-7-5-6-10-17-15;2*2-1-3;/h2*5-13H,1-4H3;2*3H;. The van der Waals surface area contributed by atoms with E-state index in [4.69, 9.17) is 20.7 Å². The number of hydrogen-bond acceptors (Lipinski definition) is 8. The van der Waals surface area contributed by atoms with E-state index in [1.54, 1.807) is 0 Å². The molecule has 0 aliphatic rings. The van der Waals surface area contributed by atoms with Crippen molar-refractivity contribution in [3.05, 3.63) is 85.5 Å². The van der Waals surface area contributed by atoms with E-state index in [9.17, 15) is 0 Å². The molecule has 11 heteroatoms. The van der Waals surface area contributed by atoms with E-state index >= 15 is 0 Å². The van der Waals surface area contributed by atoms with Gasteiger partial charge in [0.1, 0.15) is 0 Å². The largest absolute Gasteiger partial charge is 0.443 e. The Bertz CT molecular complexity index is 1290. The minimum absolute atomic E-state index is 0. The molecule has 2 radical (unpaired) electrons. The minimum atomic E-state index is -0.537. The number of nitriles is 2. The van der Waals surface area contributed by atoms with Crippen molar-refractivity contribution in [2.24, 2.45) is 0 Å². The van der Waals surface area contributed by atoms with E-state index < -0.39 is 17.6 Å². The number of aliphatic hydroxyl groups excluding tert-OH is 2. The Kier molecular flexibility index (Phi) is 20.8. The zero-order chi connectivity index (χ0) is 33.1. The van der Waals surface area contributed by atoms with Gasteiger partial charge in [-0.25, -0.2) is 0 Å². The Balaban J connectivity index is 0.000000719. The van der Waals surface area contributed by atoms with Gasteiger partial charge in [0, 0.05) is 44.3 Å². The molecule has 0 aromatic carbocycles. The molecule has 45 heavy (non-hydrogen) atoms. The summed E-state index contributed by atoms with van der Waals surface area (Å²) in [6.45, 7) is 18.6. The van der Waals surface area contributed by atoms with Gasteiger partial charge in [0.25, 0.3) is 12.5 Å². The van der Waals surface area contributed by atoms with Crippen molar-refractivity contribution in [2.75, 3.05) is 0 Å². The number of pyridine rings is 4. The number of nitrogens with zero attached hydrogens (tertiary/aromatic N) is 6. The summed E-state index contributed by atoms with van der Waals surface area (Å²) >= 11 is 0. The first-order chi connectivity index (χ1) is 21.0. The van der Waals surface area contributed by atoms with Crippen LogP contribution < -0.4 is 10.4 Å². The van der Waals surface area contributed by atoms with Crippen molar-refractivity contribution < 1.29 is 29.7 Å². The quantitative estimate of drug-likeness (QED) is 0.146. The van der Waals surface area contributed by atoms with Crippen LogP contribution in [-0.4, -0.2) is 47.7 Å². The van der Waals surface area contributed by atoms with E-state index in [0.29, 0.717) is 0 Å². The molecule has 4 rings (SSSR count). The van der Waals surface area contributed by atoms with E-state index in [1.807, 2.05) is 48.8 Å². The van der Waals surface area contributed by atoms with Gasteiger partial charge < -0.3 is 10.2 Å². The molecule has 0 aliphatic heterocycles. The molecule has 4 aromatic heterocycles. The summed E-state index contributed by atoms with van der Waals surface area (Å²) < 4.78 is 0. The molecule has 238 valence electrons. The number of rotatable bonds is 8. The van der Waals surface area contributed by atoms with E-state index in [-0.39, 0.29) is 19.5 Å². The maximum absolute atomic E-state index is 6.88. The van der Waals surface area contributed by atoms with Crippen LogP contribution in [0.4, 0.5) is 0 Å². The van der Waals surface area contributed by atoms with Crippen LogP contribution in [0.5, 0.6) is 0 Å². The first-order valence-electron chi connectivity index (χ1n) is 14.6. The monoisotopic (exact) mass is 726 g/mol. The Hall–Kier alpha value is -3.76. The average molecular weight is 726 g/mol. The first kappa shape index (κ1) is 41.2. The fourth-order valence-corrected chi connectivity index (χ4v) is 11.4. The van der Waals surface area contributed by atoms with Crippen molar-refractivity contribution in [2.45, 2.75) is 77.6 Å². The van der Waals surface area contributed by atoms with Crippen molar-refractivity contribution in [3.8, 4) is 35.3 Å². The summed E-state index contributed by atoms with van der Waals surface area (Å²) in [6.07, 6.45) is 9.22. The molecule has 2 N–H and O–H groups in total. The molecular formula is C34H44N6O2RuSi2. The zero-order valence-electron chi connectivity index (χ0n) is 27.3. The van der Waals surface area contributed by atoms with Crippen LogP contribution in [0.1, 0.15) is 55.4 Å². The molecule has 0 saturated carbocycles. The molecule has 8 nitrogen and oxygen atoms in total. The van der Waals surface area contributed by atoms with Gasteiger partial charge in [-0.05, 0) is 68.9 Å². The van der Waals surface area contributed by atoms with Gasteiger partial charge in [0.2, 0.25) is 0 Å². The molecule has 0 fully saturated rings. The third-order valence-electron chi connectivity index (χ3n) is 6.54. The van der Waals surface area contributed by atoms with Crippen LogP contribution in [-0.2, 0) is 19.5 Å². The van der Waals surface area contributed by atoms with E-state index in [2.05, 4.69) is 112 Å². The summed E-state index contributed by atoms with van der Waals surface area (Å²) in [5, 5.41) is 30.4. The summed E-state index contributed by atoms with van der Waals surface area (Å²) in [5.41, 5.74) is 6.71. The Morgan fingerprint density at radius 1 is 0.511 bits per heavy atom. The molecule has 0 amide bonds. The van der Waals surface area contributed by atoms with Gasteiger partial charge in [-0.2, -0.15) is 10.5 Å². The molecule has 4 aromatic rings. The fourth-order valence-electron chi connectivity index (χ4n) is 5.13. The van der Waals surface area contributed by atoms with Gasteiger partial charge in [-0.3, -0.25) is 19.9 Å². The number of aromatic nitrogens is 4. The molecule has 0 unspecified atom stereocenters.